The first kappa shape index (κ1) is 32.2. The van der Waals surface area contributed by atoms with Gasteiger partial charge in [-0.05, 0) is 64.4 Å². The van der Waals surface area contributed by atoms with Crippen molar-refractivity contribution in [2.45, 2.75) is 49.8 Å². The molecule has 2 unspecified atom stereocenters. The van der Waals surface area contributed by atoms with Crippen LogP contribution in [0.15, 0.2) is 138 Å². The van der Waals surface area contributed by atoms with Crippen LogP contribution >= 0.6 is 0 Å². The standard InChI is InChI=1S/C33H31N4Si.C6H6S.Pt/c1-32(2)25-20-21-33(32,3)31-29(25)30(36-37-31)26-17-12-19-28(35-26)38(23-13-6-4-7-14-23,24-15-8-5-9-16-24)27-18-10-11-22-34-27;7-6-4-2-1-3-5-6;/h4-19,22,25H,20-21H2,1-3H3;1-5,7H;/q-1;;+2/p-1. The van der Waals surface area contributed by atoms with E-state index in [0.29, 0.717) is 5.92 Å². The normalized spacial score (nSPS) is 19.0. The molecule has 0 radical (unpaired) electrons. The summed E-state index contributed by atoms with van der Waals surface area (Å²) in [4.78, 5) is 11.4. The molecule has 232 valence electrons. The minimum absolute atomic E-state index is 0. The molecule has 1 fully saturated rings. The molecule has 0 aliphatic heterocycles. The van der Waals surface area contributed by atoms with Crippen LogP contribution in [0.1, 0.15) is 50.8 Å². The Balaban J connectivity index is 0.000000414. The smallest absolute Gasteiger partial charge is 0.780 e. The van der Waals surface area contributed by atoms with E-state index in [-0.39, 0.29) is 31.9 Å². The van der Waals surface area contributed by atoms with E-state index in [4.69, 9.17) is 32.8 Å². The first-order valence-corrected chi connectivity index (χ1v) is 18.0. The van der Waals surface area contributed by atoms with E-state index in [9.17, 15) is 0 Å². The average Bonchev–Trinajstić information content (AvgIpc) is 3.68. The zero-order valence-corrected chi connectivity index (χ0v) is 30.3. The number of pyridine rings is 2. The molecule has 1 saturated carbocycles. The Bertz CT molecular complexity index is 1820. The molecule has 2 aliphatic carbocycles. The maximum Gasteiger partial charge on any atom is 2.00 e. The van der Waals surface area contributed by atoms with Gasteiger partial charge >= 0.3 is 21.1 Å². The Morgan fingerprint density at radius 1 is 0.717 bits per heavy atom. The molecular weight excluding hydrogens is 780 g/mol. The Labute approximate surface area is 292 Å². The molecule has 2 atom stereocenters. The quantitative estimate of drug-likeness (QED) is 0.167. The van der Waals surface area contributed by atoms with Crippen molar-refractivity contribution in [3.63, 3.8) is 0 Å². The van der Waals surface area contributed by atoms with Crippen molar-refractivity contribution in [1.29, 1.82) is 0 Å². The van der Waals surface area contributed by atoms with E-state index in [2.05, 4.69) is 112 Å². The van der Waals surface area contributed by atoms with E-state index in [1.165, 1.54) is 34.5 Å². The molecule has 0 saturated heterocycles. The third-order valence-electron chi connectivity index (χ3n) is 10.4. The second kappa shape index (κ2) is 12.8. The summed E-state index contributed by atoms with van der Waals surface area (Å²) in [6, 6.07) is 44.0. The minimum Gasteiger partial charge on any atom is -0.780 e. The number of nitrogens with zero attached hydrogens (tertiary/aromatic N) is 4. The van der Waals surface area contributed by atoms with Gasteiger partial charge in [-0.1, -0.05) is 130 Å². The van der Waals surface area contributed by atoms with E-state index in [1.807, 2.05) is 42.6 Å². The SMILES string of the molecule is CC12CCC(c3c1n[n-]c3-c1cccc([Si](c3ccccc3)(c3ccccc3)c3ccccn3)n1)C2(C)C.[Pt+2].[S-]c1ccccc1. The molecule has 0 spiro atoms. The summed E-state index contributed by atoms with van der Waals surface area (Å²) in [5.41, 5.74) is 4.67. The molecule has 4 nitrogen and oxygen atoms in total. The van der Waals surface area contributed by atoms with Crippen LogP contribution in [-0.2, 0) is 39.1 Å². The third kappa shape index (κ3) is 5.11. The van der Waals surface area contributed by atoms with Crippen LogP contribution in [0.25, 0.3) is 11.4 Å². The number of fused-ring (bicyclic) bond motifs is 5. The van der Waals surface area contributed by atoms with Gasteiger partial charge < -0.3 is 22.8 Å². The number of aromatic nitrogens is 4. The third-order valence-corrected chi connectivity index (χ3v) is 15.2. The van der Waals surface area contributed by atoms with Crippen molar-refractivity contribution in [2.75, 3.05) is 0 Å². The molecule has 2 bridgehead atoms. The fourth-order valence-corrected chi connectivity index (χ4v) is 12.3. The Hall–Kier alpha value is -3.70. The molecule has 3 heterocycles. The van der Waals surface area contributed by atoms with Crippen molar-refractivity contribution in [3.8, 4) is 11.4 Å². The van der Waals surface area contributed by atoms with Gasteiger partial charge in [-0.25, -0.2) is 0 Å². The van der Waals surface area contributed by atoms with Gasteiger partial charge in [-0.2, -0.15) is 4.90 Å². The maximum absolute atomic E-state index is 5.47. The van der Waals surface area contributed by atoms with Crippen LogP contribution in [0.3, 0.4) is 0 Å². The van der Waals surface area contributed by atoms with Crippen molar-refractivity contribution in [3.05, 3.63) is 145 Å². The summed E-state index contributed by atoms with van der Waals surface area (Å²) in [5.74, 6) is 0.471. The second-order valence-corrected chi connectivity index (χ2v) is 17.0. The van der Waals surface area contributed by atoms with Crippen LogP contribution in [0.5, 0.6) is 0 Å². The largest absolute Gasteiger partial charge is 2.00 e. The molecule has 3 aromatic heterocycles. The van der Waals surface area contributed by atoms with Crippen molar-refractivity contribution in [1.82, 2.24) is 20.2 Å². The first-order valence-electron chi connectivity index (χ1n) is 15.6. The number of benzene rings is 3. The van der Waals surface area contributed by atoms with Gasteiger partial charge in [0.15, 0.2) is 0 Å². The van der Waals surface area contributed by atoms with E-state index in [0.717, 1.165) is 26.9 Å². The van der Waals surface area contributed by atoms with Gasteiger partial charge in [0.1, 0.15) is 0 Å². The molecule has 6 aromatic rings. The molecule has 7 heteroatoms. The summed E-state index contributed by atoms with van der Waals surface area (Å²) in [7, 11) is -2.80. The molecule has 0 N–H and O–H groups in total. The molecular formula is C39H36N4PtSSi. The maximum atomic E-state index is 5.47. The van der Waals surface area contributed by atoms with Crippen molar-refractivity contribution >= 4 is 41.7 Å². The fourth-order valence-electron chi connectivity index (χ4n) is 7.72. The molecule has 2 aliphatic rings. The Kier molecular flexibility index (Phi) is 8.99. The van der Waals surface area contributed by atoms with E-state index < -0.39 is 8.07 Å². The zero-order valence-electron chi connectivity index (χ0n) is 26.2. The summed E-state index contributed by atoms with van der Waals surface area (Å²) in [5, 5.41) is 14.3. The second-order valence-electron chi connectivity index (χ2n) is 12.9. The van der Waals surface area contributed by atoms with Crippen LogP contribution in [0.2, 0.25) is 0 Å². The van der Waals surface area contributed by atoms with Gasteiger partial charge in [-0.3, -0.25) is 9.97 Å². The first-order chi connectivity index (χ1) is 21.9. The molecule has 8 rings (SSSR count). The monoisotopic (exact) mass is 815 g/mol. The van der Waals surface area contributed by atoms with Gasteiger partial charge in [-0.15, -0.1) is 0 Å². The topological polar surface area (TPSA) is 52.8 Å². The number of hydrogen-bond acceptors (Lipinski definition) is 4. The minimum atomic E-state index is -2.80. The fraction of sp³-hybridized carbons (Fsp3) is 0.205. The average molecular weight is 816 g/mol. The van der Waals surface area contributed by atoms with Gasteiger partial charge in [0, 0.05) is 33.6 Å². The van der Waals surface area contributed by atoms with Gasteiger partial charge in [0.2, 0.25) is 8.07 Å². The summed E-state index contributed by atoms with van der Waals surface area (Å²) < 4.78 is 0. The van der Waals surface area contributed by atoms with E-state index >= 15 is 0 Å². The predicted molar refractivity (Wildman–Crippen MR) is 187 cm³/mol. The summed E-state index contributed by atoms with van der Waals surface area (Å²) in [6.07, 6.45) is 4.28. The van der Waals surface area contributed by atoms with E-state index in [1.54, 1.807) is 0 Å². The van der Waals surface area contributed by atoms with Gasteiger partial charge in [0.05, 0.1) is 0 Å². The number of hydrogen-bond donors (Lipinski definition) is 0. The number of rotatable bonds is 5. The van der Waals surface area contributed by atoms with Crippen molar-refractivity contribution in [2.24, 2.45) is 5.41 Å². The van der Waals surface area contributed by atoms with Crippen LogP contribution in [0, 0.1) is 5.41 Å². The van der Waals surface area contributed by atoms with Crippen LogP contribution in [-0.4, -0.2) is 23.1 Å². The Morgan fingerprint density at radius 3 is 1.87 bits per heavy atom. The molecule has 46 heavy (non-hydrogen) atoms. The molecule has 0 amide bonds. The zero-order chi connectivity index (χ0) is 31.1. The van der Waals surface area contributed by atoms with Crippen LogP contribution < -0.4 is 26.1 Å². The molecule has 3 aromatic carbocycles. The predicted octanol–water partition coefficient (Wildman–Crippen LogP) is 5.64. The Morgan fingerprint density at radius 2 is 1.30 bits per heavy atom. The van der Waals surface area contributed by atoms with Crippen molar-refractivity contribution < 1.29 is 21.1 Å². The van der Waals surface area contributed by atoms with Gasteiger partial charge in [0.25, 0.3) is 0 Å². The van der Waals surface area contributed by atoms with Crippen LogP contribution in [0.4, 0.5) is 0 Å². The summed E-state index contributed by atoms with van der Waals surface area (Å²) >= 11 is 4.81. The summed E-state index contributed by atoms with van der Waals surface area (Å²) in [6.45, 7) is 7.19.